The molecule has 0 saturated heterocycles. The lowest BCUT2D eigenvalue weighted by molar-refractivity contribution is -0.129. The van der Waals surface area contributed by atoms with Crippen LogP contribution in [0, 0.1) is 6.92 Å². The minimum atomic E-state index is 0.178. The van der Waals surface area contributed by atoms with Crippen LogP contribution in [0.15, 0.2) is 18.2 Å². The second kappa shape index (κ2) is 8.73. The molecule has 1 amide bonds. The summed E-state index contributed by atoms with van der Waals surface area (Å²) in [6, 6.07) is 6.33. The summed E-state index contributed by atoms with van der Waals surface area (Å²) in [5.41, 5.74) is 4.10. The van der Waals surface area contributed by atoms with Gasteiger partial charge in [0.15, 0.2) is 0 Å². The number of amides is 1. The Labute approximate surface area is 112 Å². The quantitative estimate of drug-likeness (QED) is 0.681. The molecule has 0 atom stereocenters. The summed E-state index contributed by atoms with van der Waals surface area (Å²) in [6.45, 7) is 13.4. The maximum atomic E-state index is 11.2. The average molecular weight is 249 g/mol. The molecule has 0 radical (unpaired) electrons. The Hall–Kier alpha value is -1.31. The van der Waals surface area contributed by atoms with Gasteiger partial charge < -0.3 is 4.90 Å². The molecule has 2 nitrogen and oxygen atoms in total. The van der Waals surface area contributed by atoms with Crippen molar-refractivity contribution < 1.29 is 4.79 Å². The fourth-order valence-corrected chi connectivity index (χ4v) is 2.07. The summed E-state index contributed by atoms with van der Waals surface area (Å²) in [6.07, 6.45) is 1.00. The third-order valence-corrected chi connectivity index (χ3v) is 2.95. The molecule has 18 heavy (non-hydrogen) atoms. The molecule has 0 N–H and O–H groups in total. The van der Waals surface area contributed by atoms with Gasteiger partial charge in [0.2, 0.25) is 5.91 Å². The van der Waals surface area contributed by atoms with Gasteiger partial charge in [0.25, 0.3) is 0 Å². The lowest BCUT2D eigenvalue weighted by atomic mass is 9.95. The number of benzene rings is 1. The van der Waals surface area contributed by atoms with Gasteiger partial charge in [-0.05, 0) is 30.0 Å². The Morgan fingerprint density at radius 1 is 1.17 bits per heavy atom. The van der Waals surface area contributed by atoms with Crippen molar-refractivity contribution in [2.24, 2.45) is 0 Å². The van der Waals surface area contributed by atoms with Gasteiger partial charge in [-0.1, -0.05) is 45.9 Å². The van der Waals surface area contributed by atoms with Crippen LogP contribution >= 0.6 is 0 Å². The van der Waals surface area contributed by atoms with E-state index in [4.69, 9.17) is 0 Å². The van der Waals surface area contributed by atoms with Crippen LogP contribution in [0.5, 0.6) is 0 Å². The highest BCUT2D eigenvalue weighted by Gasteiger charge is 2.18. The smallest absolute Gasteiger partial charge is 0.219 e. The lowest BCUT2D eigenvalue weighted by Gasteiger charge is -2.28. The second-order valence-electron chi connectivity index (χ2n) is 3.90. The first kappa shape index (κ1) is 16.7. The fraction of sp³-hybridized carbons (Fsp3) is 0.562. The van der Waals surface area contributed by atoms with Gasteiger partial charge >= 0.3 is 0 Å². The number of hydrogen-bond acceptors (Lipinski definition) is 1. The minimum Gasteiger partial charge on any atom is -0.338 e. The molecule has 1 aliphatic rings. The number of rotatable bonds is 0. The van der Waals surface area contributed by atoms with Gasteiger partial charge in [0.1, 0.15) is 0 Å². The SMILES string of the molecule is CC.CC.CC(=O)N1CCc2c(C)cccc2C1. The van der Waals surface area contributed by atoms with Crippen LogP contribution in [-0.4, -0.2) is 17.4 Å². The van der Waals surface area contributed by atoms with E-state index in [0.29, 0.717) is 0 Å². The van der Waals surface area contributed by atoms with E-state index in [9.17, 15) is 4.79 Å². The Bertz CT molecular complexity index is 371. The van der Waals surface area contributed by atoms with Crippen LogP contribution in [0.3, 0.4) is 0 Å². The molecule has 1 aromatic rings. The van der Waals surface area contributed by atoms with Crippen molar-refractivity contribution in [3.8, 4) is 0 Å². The van der Waals surface area contributed by atoms with E-state index in [1.165, 1.54) is 16.7 Å². The Balaban J connectivity index is 0.000000659. The summed E-state index contributed by atoms with van der Waals surface area (Å²) in [5, 5.41) is 0. The van der Waals surface area contributed by atoms with Crippen molar-refractivity contribution >= 4 is 5.91 Å². The van der Waals surface area contributed by atoms with Crippen molar-refractivity contribution in [1.29, 1.82) is 0 Å². The van der Waals surface area contributed by atoms with E-state index < -0.39 is 0 Å². The van der Waals surface area contributed by atoms with Crippen molar-refractivity contribution in [1.82, 2.24) is 4.90 Å². The van der Waals surface area contributed by atoms with Crippen molar-refractivity contribution in [3.05, 3.63) is 34.9 Å². The van der Waals surface area contributed by atoms with Gasteiger partial charge in [-0.3, -0.25) is 4.79 Å². The minimum absolute atomic E-state index is 0.178. The van der Waals surface area contributed by atoms with E-state index in [1.54, 1.807) is 6.92 Å². The van der Waals surface area contributed by atoms with Crippen LogP contribution in [0.1, 0.15) is 51.3 Å². The number of carbonyl (C=O) groups excluding carboxylic acids is 1. The Kier molecular flexibility index (Phi) is 8.10. The zero-order valence-electron chi connectivity index (χ0n) is 12.7. The highest BCUT2D eigenvalue weighted by atomic mass is 16.2. The van der Waals surface area contributed by atoms with Crippen LogP contribution in [0.2, 0.25) is 0 Å². The first-order valence-corrected chi connectivity index (χ1v) is 7.01. The molecule has 2 heteroatoms. The monoisotopic (exact) mass is 249 g/mol. The van der Waals surface area contributed by atoms with E-state index in [2.05, 4.69) is 25.1 Å². The number of nitrogens with zero attached hydrogens (tertiary/aromatic N) is 1. The van der Waals surface area contributed by atoms with Crippen LogP contribution < -0.4 is 0 Å². The largest absolute Gasteiger partial charge is 0.338 e. The summed E-state index contributed by atoms with van der Waals surface area (Å²) < 4.78 is 0. The standard InChI is InChI=1S/C12H15NO.2C2H6/c1-9-4-3-5-11-8-13(10(2)14)7-6-12(9)11;2*1-2/h3-5H,6-8H2,1-2H3;2*1-2H3. The number of aryl methyl sites for hydroxylation is 1. The predicted molar refractivity (Wildman–Crippen MR) is 78.7 cm³/mol. The molecule has 1 aromatic carbocycles. The van der Waals surface area contributed by atoms with Gasteiger partial charge in [-0.2, -0.15) is 0 Å². The van der Waals surface area contributed by atoms with Gasteiger partial charge in [-0.25, -0.2) is 0 Å². The molecule has 0 bridgehead atoms. The normalized spacial score (nSPS) is 12.4. The molecule has 1 heterocycles. The molecule has 0 aromatic heterocycles. The van der Waals surface area contributed by atoms with E-state index in [-0.39, 0.29) is 5.91 Å². The first-order valence-electron chi connectivity index (χ1n) is 7.01. The topological polar surface area (TPSA) is 20.3 Å². The molecule has 2 rings (SSSR count). The number of carbonyl (C=O) groups is 1. The van der Waals surface area contributed by atoms with Crippen molar-refractivity contribution in [2.75, 3.05) is 6.54 Å². The summed E-state index contributed by atoms with van der Waals surface area (Å²) in [7, 11) is 0. The summed E-state index contributed by atoms with van der Waals surface area (Å²) in [4.78, 5) is 13.1. The number of hydrogen-bond donors (Lipinski definition) is 0. The van der Waals surface area contributed by atoms with Crippen molar-refractivity contribution in [3.63, 3.8) is 0 Å². The molecular formula is C16H27NO. The predicted octanol–water partition coefficient (Wildman–Crippen LogP) is 3.95. The van der Waals surface area contributed by atoms with Crippen LogP contribution in [0.25, 0.3) is 0 Å². The van der Waals surface area contributed by atoms with Gasteiger partial charge in [0.05, 0.1) is 0 Å². The molecule has 0 unspecified atom stereocenters. The van der Waals surface area contributed by atoms with E-state index >= 15 is 0 Å². The highest BCUT2D eigenvalue weighted by Crippen LogP contribution is 2.21. The van der Waals surface area contributed by atoms with Gasteiger partial charge in [0, 0.05) is 20.0 Å². The molecule has 0 fully saturated rings. The van der Waals surface area contributed by atoms with E-state index in [1.807, 2.05) is 32.6 Å². The summed E-state index contributed by atoms with van der Waals surface area (Å²) in [5.74, 6) is 0.178. The van der Waals surface area contributed by atoms with Crippen molar-refractivity contribution in [2.45, 2.75) is 54.5 Å². The van der Waals surface area contributed by atoms with Gasteiger partial charge in [-0.15, -0.1) is 0 Å². The lowest BCUT2D eigenvalue weighted by Crippen LogP contribution is -2.34. The molecular weight excluding hydrogens is 222 g/mol. The molecule has 1 aliphatic heterocycles. The van der Waals surface area contributed by atoms with Crippen LogP contribution in [0.4, 0.5) is 0 Å². The zero-order chi connectivity index (χ0) is 14.1. The molecule has 0 spiro atoms. The Morgan fingerprint density at radius 3 is 2.33 bits per heavy atom. The third-order valence-electron chi connectivity index (χ3n) is 2.95. The zero-order valence-corrected chi connectivity index (χ0v) is 12.7. The maximum Gasteiger partial charge on any atom is 0.219 e. The van der Waals surface area contributed by atoms with E-state index in [0.717, 1.165) is 19.5 Å². The summed E-state index contributed by atoms with van der Waals surface area (Å²) >= 11 is 0. The fourth-order valence-electron chi connectivity index (χ4n) is 2.07. The molecule has 0 aliphatic carbocycles. The van der Waals surface area contributed by atoms with Crippen LogP contribution in [-0.2, 0) is 17.8 Å². The Morgan fingerprint density at radius 2 is 1.78 bits per heavy atom. The molecule has 0 saturated carbocycles. The third kappa shape index (κ3) is 4.17. The number of fused-ring (bicyclic) bond motifs is 1. The highest BCUT2D eigenvalue weighted by molar-refractivity contribution is 5.73. The average Bonchev–Trinajstić information content (AvgIpc) is 2.43. The first-order chi connectivity index (χ1) is 8.68. The molecule has 102 valence electrons. The maximum absolute atomic E-state index is 11.2. The second-order valence-corrected chi connectivity index (χ2v) is 3.90.